The first-order chi connectivity index (χ1) is 13.9. The minimum absolute atomic E-state index is 0.0901. The zero-order chi connectivity index (χ0) is 20.5. The quantitative estimate of drug-likeness (QED) is 0.646. The van der Waals surface area contributed by atoms with Gasteiger partial charge in [0.1, 0.15) is 11.3 Å². The number of carboxylic acids is 1. The molecule has 0 saturated heterocycles. The van der Waals surface area contributed by atoms with Gasteiger partial charge in [0.25, 0.3) is 0 Å². The molecular formula is C23H19NO5. The molecule has 2 N–H and O–H groups in total. The summed E-state index contributed by atoms with van der Waals surface area (Å²) in [5.74, 6) is -2.16. The molecule has 1 amide bonds. The number of carboxylic acid groups (broad SMARTS) is 1. The van der Waals surface area contributed by atoms with Crippen molar-refractivity contribution in [2.75, 3.05) is 5.32 Å². The maximum absolute atomic E-state index is 13.0. The standard InChI is InChI=1S/C23H19NO5/c1-13-5-2-3-6-14(13)11-15-7-4-8-18-20(25)17-10-9-16(24-22(26)23(27)28)12-19(17)29-21(15)18/h2-3,5-6,9-12H,4,7-8H2,1H3,(H,24,26)(H,27,28)/b15-11-. The van der Waals surface area contributed by atoms with Gasteiger partial charge in [0, 0.05) is 17.3 Å². The number of hydrogen-bond donors (Lipinski definition) is 2. The second kappa shape index (κ2) is 7.39. The van der Waals surface area contributed by atoms with Crippen molar-refractivity contribution in [3.63, 3.8) is 0 Å². The van der Waals surface area contributed by atoms with Crippen molar-refractivity contribution in [2.45, 2.75) is 26.2 Å². The molecule has 1 heterocycles. The number of nitrogens with one attached hydrogen (secondary N) is 1. The summed E-state index contributed by atoms with van der Waals surface area (Å²) in [4.78, 5) is 35.2. The predicted octanol–water partition coefficient (Wildman–Crippen LogP) is 4.00. The van der Waals surface area contributed by atoms with Crippen molar-refractivity contribution >= 4 is 40.2 Å². The largest absolute Gasteiger partial charge is 0.474 e. The van der Waals surface area contributed by atoms with Crippen LogP contribution < -0.4 is 10.7 Å². The van der Waals surface area contributed by atoms with Crippen LogP contribution in [0.4, 0.5) is 5.69 Å². The summed E-state index contributed by atoms with van der Waals surface area (Å²) < 4.78 is 6.11. The molecule has 1 aliphatic rings. The van der Waals surface area contributed by atoms with Gasteiger partial charge in [0.2, 0.25) is 0 Å². The Morgan fingerprint density at radius 1 is 1.14 bits per heavy atom. The first-order valence-electron chi connectivity index (χ1n) is 9.34. The van der Waals surface area contributed by atoms with Crippen LogP contribution in [0, 0.1) is 6.92 Å². The lowest BCUT2D eigenvalue weighted by atomic mass is 9.89. The van der Waals surface area contributed by atoms with Crippen molar-refractivity contribution in [3.8, 4) is 0 Å². The van der Waals surface area contributed by atoms with Gasteiger partial charge in [0.15, 0.2) is 5.43 Å². The van der Waals surface area contributed by atoms with Gasteiger partial charge < -0.3 is 14.8 Å². The van der Waals surface area contributed by atoms with Crippen molar-refractivity contribution in [2.24, 2.45) is 0 Å². The smallest absolute Gasteiger partial charge is 0.394 e. The van der Waals surface area contributed by atoms with Crippen molar-refractivity contribution in [1.82, 2.24) is 0 Å². The van der Waals surface area contributed by atoms with E-state index in [1.54, 1.807) is 6.07 Å². The van der Waals surface area contributed by atoms with E-state index < -0.39 is 11.9 Å². The summed E-state index contributed by atoms with van der Waals surface area (Å²) in [6.07, 6.45) is 4.37. The van der Waals surface area contributed by atoms with Crippen LogP contribution in [0.2, 0.25) is 0 Å². The Hall–Kier alpha value is -3.67. The van der Waals surface area contributed by atoms with Crippen LogP contribution >= 0.6 is 0 Å². The third-order valence-corrected chi connectivity index (χ3v) is 5.12. The number of benzene rings is 2. The van der Waals surface area contributed by atoms with Crippen LogP contribution in [0.15, 0.2) is 51.7 Å². The van der Waals surface area contributed by atoms with E-state index >= 15 is 0 Å². The molecule has 1 aliphatic carbocycles. The molecule has 0 aliphatic heterocycles. The van der Waals surface area contributed by atoms with Gasteiger partial charge in [0.05, 0.1) is 5.39 Å². The number of hydrogen-bond acceptors (Lipinski definition) is 4. The Labute approximate surface area is 166 Å². The number of carbonyl (C=O) groups excluding carboxylic acids is 1. The van der Waals surface area contributed by atoms with Crippen molar-refractivity contribution < 1.29 is 19.1 Å². The highest BCUT2D eigenvalue weighted by Crippen LogP contribution is 2.33. The summed E-state index contributed by atoms with van der Waals surface area (Å²) in [5.41, 5.74) is 4.30. The summed E-state index contributed by atoms with van der Waals surface area (Å²) in [7, 11) is 0. The van der Waals surface area contributed by atoms with Gasteiger partial charge in [-0.15, -0.1) is 0 Å². The summed E-state index contributed by atoms with van der Waals surface area (Å²) >= 11 is 0. The van der Waals surface area contributed by atoms with E-state index in [9.17, 15) is 14.4 Å². The average Bonchev–Trinajstić information content (AvgIpc) is 2.70. The van der Waals surface area contributed by atoms with Gasteiger partial charge in [-0.1, -0.05) is 24.3 Å². The normalized spacial score (nSPS) is 14.6. The molecule has 1 aromatic heterocycles. The molecule has 3 aromatic rings. The Morgan fingerprint density at radius 3 is 2.69 bits per heavy atom. The highest BCUT2D eigenvalue weighted by Gasteiger charge is 2.22. The average molecular weight is 389 g/mol. The fourth-order valence-corrected chi connectivity index (χ4v) is 3.62. The number of allylic oxidation sites excluding steroid dienone is 1. The number of fused-ring (bicyclic) bond motifs is 2. The second-order valence-electron chi connectivity index (χ2n) is 7.09. The van der Waals surface area contributed by atoms with Crippen LogP contribution in [0.3, 0.4) is 0 Å². The van der Waals surface area contributed by atoms with E-state index in [1.807, 2.05) is 31.2 Å². The highest BCUT2D eigenvalue weighted by atomic mass is 16.4. The Kier molecular flexibility index (Phi) is 4.76. The van der Waals surface area contributed by atoms with Gasteiger partial charge >= 0.3 is 11.9 Å². The molecule has 0 atom stereocenters. The lowest BCUT2D eigenvalue weighted by Crippen LogP contribution is -2.22. The minimum atomic E-state index is -1.58. The fourth-order valence-electron chi connectivity index (χ4n) is 3.62. The molecule has 0 bridgehead atoms. The maximum atomic E-state index is 13.0. The van der Waals surface area contributed by atoms with Gasteiger partial charge in [-0.05, 0) is 61.1 Å². The van der Waals surface area contributed by atoms with Gasteiger partial charge in [-0.2, -0.15) is 0 Å². The third-order valence-electron chi connectivity index (χ3n) is 5.12. The maximum Gasteiger partial charge on any atom is 0.394 e. The first-order valence-corrected chi connectivity index (χ1v) is 9.34. The molecule has 146 valence electrons. The number of carbonyl (C=O) groups is 2. The number of aliphatic carboxylic acids is 1. The molecule has 0 unspecified atom stereocenters. The van der Waals surface area contributed by atoms with E-state index in [-0.39, 0.29) is 11.1 Å². The highest BCUT2D eigenvalue weighted by molar-refractivity contribution is 6.36. The van der Waals surface area contributed by atoms with E-state index in [1.165, 1.54) is 12.1 Å². The lowest BCUT2D eigenvalue weighted by Gasteiger charge is -2.18. The van der Waals surface area contributed by atoms with Crippen LogP contribution in [-0.4, -0.2) is 17.0 Å². The SMILES string of the molecule is Cc1ccccc1/C=C1/CCCc2c1oc1cc(NC(=O)C(=O)O)ccc1c2=O. The predicted molar refractivity (Wildman–Crippen MR) is 111 cm³/mol. The van der Waals surface area contributed by atoms with E-state index in [0.717, 1.165) is 29.5 Å². The second-order valence-corrected chi connectivity index (χ2v) is 7.09. The molecule has 0 radical (unpaired) electrons. The number of aryl methyl sites for hydroxylation is 1. The number of rotatable bonds is 2. The van der Waals surface area contributed by atoms with Crippen LogP contribution in [-0.2, 0) is 16.0 Å². The summed E-state index contributed by atoms with van der Waals surface area (Å²) in [6.45, 7) is 2.03. The molecule has 29 heavy (non-hydrogen) atoms. The van der Waals surface area contributed by atoms with Gasteiger partial charge in [-0.3, -0.25) is 9.59 Å². The minimum Gasteiger partial charge on any atom is -0.474 e. The Morgan fingerprint density at radius 2 is 1.93 bits per heavy atom. The summed E-state index contributed by atoms with van der Waals surface area (Å²) in [6, 6.07) is 12.5. The van der Waals surface area contributed by atoms with Crippen LogP contribution in [0.1, 0.15) is 35.3 Å². The molecule has 6 heteroatoms. The summed E-state index contributed by atoms with van der Waals surface area (Å²) in [5, 5.41) is 11.5. The Bertz CT molecular complexity index is 1240. The van der Waals surface area contributed by atoms with E-state index in [0.29, 0.717) is 28.7 Å². The Balaban J connectivity index is 1.84. The number of anilines is 1. The van der Waals surface area contributed by atoms with Crippen LogP contribution in [0.5, 0.6) is 0 Å². The van der Waals surface area contributed by atoms with Crippen molar-refractivity contribution in [3.05, 3.63) is 75.1 Å². The van der Waals surface area contributed by atoms with E-state index in [2.05, 4.69) is 11.4 Å². The molecular weight excluding hydrogens is 370 g/mol. The topological polar surface area (TPSA) is 96.6 Å². The van der Waals surface area contributed by atoms with Crippen LogP contribution in [0.25, 0.3) is 22.6 Å². The molecule has 4 rings (SSSR count). The molecule has 0 fully saturated rings. The first kappa shape index (κ1) is 18.7. The zero-order valence-electron chi connectivity index (χ0n) is 15.8. The molecule has 0 saturated carbocycles. The van der Waals surface area contributed by atoms with Gasteiger partial charge in [-0.25, -0.2) is 4.79 Å². The van der Waals surface area contributed by atoms with Crippen molar-refractivity contribution in [1.29, 1.82) is 0 Å². The molecule has 0 spiro atoms. The monoisotopic (exact) mass is 389 g/mol. The lowest BCUT2D eigenvalue weighted by molar-refractivity contribution is -0.147. The molecule has 6 nitrogen and oxygen atoms in total. The van der Waals surface area contributed by atoms with E-state index in [4.69, 9.17) is 9.52 Å². The molecule has 2 aromatic carbocycles. The number of amides is 1. The zero-order valence-corrected chi connectivity index (χ0v) is 15.8. The third kappa shape index (κ3) is 3.57. The fraction of sp³-hybridized carbons (Fsp3) is 0.174.